The first-order valence-corrected chi connectivity index (χ1v) is 4.90. The molecule has 0 aliphatic carbocycles. The fourth-order valence-electron chi connectivity index (χ4n) is 1.47. The molecule has 1 rings (SSSR count). The van der Waals surface area contributed by atoms with E-state index < -0.39 is 0 Å². The topological polar surface area (TPSA) is 29.1 Å². The van der Waals surface area contributed by atoms with Crippen molar-refractivity contribution in [2.45, 2.75) is 26.2 Å². The third kappa shape index (κ3) is 2.87. The van der Waals surface area contributed by atoms with Crippen molar-refractivity contribution in [2.75, 3.05) is 7.05 Å². The highest BCUT2D eigenvalue weighted by Gasteiger charge is 2.09. The lowest BCUT2D eigenvalue weighted by Gasteiger charge is -2.11. The second-order valence-electron chi connectivity index (χ2n) is 3.69. The van der Waals surface area contributed by atoms with Crippen LogP contribution in [0.15, 0.2) is 24.3 Å². The molecule has 0 spiro atoms. The first kappa shape index (κ1) is 10.8. The number of amides is 1. The Morgan fingerprint density at radius 2 is 2.21 bits per heavy atom. The van der Waals surface area contributed by atoms with E-state index in [4.69, 9.17) is 0 Å². The van der Waals surface area contributed by atoms with Crippen molar-refractivity contribution in [1.82, 2.24) is 5.32 Å². The number of aryl methyl sites for hydroxylation is 1. The lowest BCUT2D eigenvalue weighted by atomic mass is 9.96. The summed E-state index contributed by atoms with van der Waals surface area (Å²) in [5, 5.41) is 2.64. The van der Waals surface area contributed by atoms with Gasteiger partial charge >= 0.3 is 0 Å². The Morgan fingerprint density at radius 3 is 2.79 bits per heavy atom. The zero-order valence-electron chi connectivity index (χ0n) is 9.00. The molecule has 2 nitrogen and oxygen atoms in total. The van der Waals surface area contributed by atoms with Crippen LogP contribution in [-0.4, -0.2) is 13.0 Å². The van der Waals surface area contributed by atoms with Crippen molar-refractivity contribution in [1.29, 1.82) is 0 Å². The van der Waals surface area contributed by atoms with E-state index in [-0.39, 0.29) is 11.8 Å². The third-order valence-corrected chi connectivity index (χ3v) is 2.38. The van der Waals surface area contributed by atoms with Gasteiger partial charge in [0.25, 0.3) is 0 Å². The van der Waals surface area contributed by atoms with Gasteiger partial charge < -0.3 is 5.32 Å². The highest BCUT2D eigenvalue weighted by Crippen LogP contribution is 2.19. The van der Waals surface area contributed by atoms with Gasteiger partial charge in [-0.25, -0.2) is 0 Å². The summed E-state index contributed by atoms with van der Waals surface area (Å²) in [6.07, 6.45) is 0.556. The number of carbonyl (C=O) groups excluding carboxylic acids is 1. The molecule has 76 valence electrons. The van der Waals surface area contributed by atoms with Gasteiger partial charge in [-0.2, -0.15) is 0 Å². The second-order valence-corrected chi connectivity index (χ2v) is 3.69. The maximum Gasteiger partial charge on any atom is 0.220 e. The molecule has 0 heterocycles. The van der Waals surface area contributed by atoms with E-state index in [9.17, 15) is 4.79 Å². The van der Waals surface area contributed by atoms with E-state index in [1.807, 2.05) is 6.07 Å². The average Bonchev–Trinajstić information content (AvgIpc) is 2.17. The molecule has 0 aromatic heterocycles. The molecule has 1 atom stereocenters. The van der Waals surface area contributed by atoms with Crippen LogP contribution in [0.25, 0.3) is 0 Å². The first-order chi connectivity index (χ1) is 6.63. The molecule has 2 heteroatoms. The highest BCUT2D eigenvalue weighted by molar-refractivity contribution is 5.76. The largest absolute Gasteiger partial charge is 0.359 e. The van der Waals surface area contributed by atoms with Crippen LogP contribution < -0.4 is 5.32 Å². The van der Waals surface area contributed by atoms with E-state index in [1.165, 1.54) is 11.1 Å². The van der Waals surface area contributed by atoms with Crippen LogP contribution in [0.3, 0.4) is 0 Å². The molecule has 0 saturated heterocycles. The molecule has 0 aliphatic heterocycles. The van der Waals surface area contributed by atoms with Gasteiger partial charge in [0.15, 0.2) is 0 Å². The van der Waals surface area contributed by atoms with Gasteiger partial charge in [0.05, 0.1) is 0 Å². The molecule has 1 aromatic rings. The summed E-state index contributed by atoms with van der Waals surface area (Å²) in [6.45, 7) is 4.14. The quantitative estimate of drug-likeness (QED) is 0.780. The van der Waals surface area contributed by atoms with Crippen LogP contribution in [0.5, 0.6) is 0 Å². The Balaban J connectivity index is 2.69. The molecule has 0 radical (unpaired) electrons. The van der Waals surface area contributed by atoms with Crippen LogP contribution in [0.2, 0.25) is 0 Å². The van der Waals surface area contributed by atoms with Crippen LogP contribution >= 0.6 is 0 Å². The summed E-state index contributed by atoms with van der Waals surface area (Å²) in [5.41, 5.74) is 2.47. The third-order valence-electron chi connectivity index (χ3n) is 2.38. The molecule has 0 saturated carbocycles. The van der Waals surface area contributed by atoms with Crippen LogP contribution in [0.1, 0.15) is 30.4 Å². The monoisotopic (exact) mass is 191 g/mol. The number of rotatable bonds is 3. The van der Waals surface area contributed by atoms with E-state index in [0.29, 0.717) is 6.42 Å². The molecule has 0 bridgehead atoms. The Hall–Kier alpha value is -1.31. The number of benzene rings is 1. The second kappa shape index (κ2) is 4.80. The molecular formula is C12H17NO. The molecule has 0 aliphatic rings. The van der Waals surface area contributed by atoms with E-state index in [1.54, 1.807) is 7.05 Å². The molecular weight excluding hydrogens is 174 g/mol. The van der Waals surface area contributed by atoms with Crippen molar-refractivity contribution in [3.63, 3.8) is 0 Å². The normalized spacial score (nSPS) is 12.2. The van der Waals surface area contributed by atoms with Crippen molar-refractivity contribution in [3.8, 4) is 0 Å². The lowest BCUT2D eigenvalue weighted by molar-refractivity contribution is -0.120. The Morgan fingerprint density at radius 1 is 1.50 bits per heavy atom. The molecule has 14 heavy (non-hydrogen) atoms. The summed E-state index contributed by atoms with van der Waals surface area (Å²) in [4.78, 5) is 11.2. The minimum atomic E-state index is 0.0963. The highest BCUT2D eigenvalue weighted by atomic mass is 16.1. The summed E-state index contributed by atoms with van der Waals surface area (Å²) in [6, 6.07) is 8.30. The Labute approximate surface area is 85.3 Å². The minimum Gasteiger partial charge on any atom is -0.359 e. The molecule has 0 fully saturated rings. The Kier molecular flexibility index (Phi) is 3.69. The van der Waals surface area contributed by atoms with Gasteiger partial charge in [-0.05, 0) is 18.4 Å². The van der Waals surface area contributed by atoms with E-state index in [0.717, 1.165) is 0 Å². The van der Waals surface area contributed by atoms with Crippen molar-refractivity contribution in [3.05, 3.63) is 35.4 Å². The van der Waals surface area contributed by atoms with Gasteiger partial charge in [-0.15, -0.1) is 0 Å². The first-order valence-electron chi connectivity index (χ1n) is 4.90. The lowest BCUT2D eigenvalue weighted by Crippen LogP contribution is -2.19. The van der Waals surface area contributed by atoms with Crippen LogP contribution in [0.4, 0.5) is 0 Å². The number of nitrogens with one attached hydrogen (secondary N) is 1. The molecule has 1 amide bonds. The van der Waals surface area contributed by atoms with Gasteiger partial charge in [0.2, 0.25) is 5.91 Å². The number of hydrogen-bond donors (Lipinski definition) is 1. The maximum absolute atomic E-state index is 11.2. The number of carbonyl (C=O) groups is 1. The molecule has 1 aromatic carbocycles. The predicted octanol–water partition coefficient (Wildman–Crippen LogP) is 2.23. The smallest absolute Gasteiger partial charge is 0.220 e. The van der Waals surface area contributed by atoms with Gasteiger partial charge in [0, 0.05) is 13.5 Å². The van der Waals surface area contributed by atoms with Crippen molar-refractivity contribution in [2.24, 2.45) is 0 Å². The summed E-state index contributed by atoms with van der Waals surface area (Å²) in [5.74, 6) is 0.383. The zero-order chi connectivity index (χ0) is 10.6. The van der Waals surface area contributed by atoms with Crippen LogP contribution in [-0.2, 0) is 4.79 Å². The predicted molar refractivity (Wildman–Crippen MR) is 58.3 cm³/mol. The van der Waals surface area contributed by atoms with Gasteiger partial charge in [0.1, 0.15) is 0 Å². The van der Waals surface area contributed by atoms with E-state index >= 15 is 0 Å². The Bertz CT molecular complexity index is 320. The van der Waals surface area contributed by atoms with Crippen LogP contribution in [0, 0.1) is 6.92 Å². The number of hydrogen-bond acceptors (Lipinski definition) is 1. The summed E-state index contributed by atoms with van der Waals surface area (Å²) >= 11 is 0. The van der Waals surface area contributed by atoms with Gasteiger partial charge in [-0.3, -0.25) is 4.79 Å². The fourth-order valence-corrected chi connectivity index (χ4v) is 1.47. The summed E-state index contributed by atoms with van der Waals surface area (Å²) < 4.78 is 0. The average molecular weight is 191 g/mol. The SMILES string of the molecule is CNC(=O)CC(C)c1cccc(C)c1. The minimum absolute atomic E-state index is 0.0963. The molecule has 1 unspecified atom stereocenters. The maximum atomic E-state index is 11.2. The van der Waals surface area contributed by atoms with Gasteiger partial charge in [-0.1, -0.05) is 36.8 Å². The standard InChI is InChI=1S/C12H17NO/c1-9-5-4-6-11(7-9)10(2)8-12(14)13-3/h4-7,10H,8H2,1-3H3,(H,13,14). The van der Waals surface area contributed by atoms with Crippen molar-refractivity contribution >= 4 is 5.91 Å². The van der Waals surface area contributed by atoms with E-state index in [2.05, 4.69) is 37.4 Å². The summed E-state index contributed by atoms with van der Waals surface area (Å²) in [7, 11) is 1.67. The van der Waals surface area contributed by atoms with Crippen molar-refractivity contribution < 1.29 is 4.79 Å². The molecule has 1 N–H and O–H groups in total. The zero-order valence-corrected chi connectivity index (χ0v) is 9.00. The fraction of sp³-hybridized carbons (Fsp3) is 0.417.